The number of dihydropyridines is 1. The number of ether oxygens (including phenoxy) is 1. The quantitative estimate of drug-likeness (QED) is 0.419. The van der Waals surface area contributed by atoms with E-state index < -0.39 is 0 Å². The Morgan fingerprint density at radius 2 is 2.15 bits per heavy atom. The minimum absolute atomic E-state index is 0.129. The van der Waals surface area contributed by atoms with Gasteiger partial charge in [0, 0.05) is 37.0 Å². The molecule has 0 bridgehead atoms. The van der Waals surface area contributed by atoms with E-state index in [-0.39, 0.29) is 11.8 Å². The van der Waals surface area contributed by atoms with Crippen molar-refractivity contribution < 1.29 is 4.74 Å². The molecule has 1 aromatic carbocycles. The van der Waals surface area contributed by atoms with Crippen molar-refractivity contribution >= 4 is 43.5 Å². The third-order valence-corrected chi connectivity index (χ3v) is 7.05. The van der Waals surface area contributed by atoms with E-state index in [4.69, 9.17) is 9.72 Å². The van der Waals surface area contributed by atoms with Gasteiger partial charge in [-0.3, -0.25) is 9.89 Å². The molecule has 0 radical (unpaired) electrons. The van der Waals surface area contributed by atoms with Crippen molar-refractivity contribution in [1.29, 1.82) is 0 Å². The summed E-state index contributed by atoms with van der Waals surface area (Å²) in [5.74, 6) is 0. The predicted octanol–water partition coefficient (Wildman–Crippen LogP) is 2.83. The summed E-state index contributed by atoms with van der Waals surface area (Å²) in [6, 6.07) is 5.90. The Hall–Kier alpha value is -3.76. The second-order valence-electron chi connectivity index (χ2n) is 7.99. The number of methoxy groups -OCH3 is 1. The summed E-state index contributed by atoms with van der Waals surface area (Å²) in [6.45, 7) is 0.372. The molecule has 6 rings (SSSR count). The van der Waals surface area contributed by atoms with Gasteiger partial charge in [0.25, 0.3) is 5.56 Å². The van der Waals surface area contributed by atoms with E-state index in [2.05, 4.69) is 20.6 Å². The van der Waals surface area contributed by atoms with Crippen LogP contribution in [0.3, 0.4) is 0 Å². The molecule has 10 heteroatoms. The largest absolute Gasteiger partial charge is 0.360 e. The van der Waals surface area contributed by atoms with E-state index in [1.165, 1.54) is 4.68 Å². The normalized spacial score (nSPS) is 16.1. The molecule has 0 spiro atoms. The van der Waals surface area contributed by atoms with Gasteiger partial charge < -0.3 is 14.6 Å². The standard InChI is InChI=1S/C23H21N7O2S/c1-29-20-16(21-22(29)27-19(33-21)9-14-6-4-8-18(26-14)32-2)11-25-30(23(20)31)12-13-5-3-7-17-15(13)10-24-28-17/h3-8,10-11,18,26H,9,12H2,1-2H3,(H,24,28). The van der Waals surface area contributed by atoms with Gasteiger partial charge in [-0.05, 0) is 23.8 Å². The summed E-state index contributed by atoms with van der Waals surface area (Å²) in [5.41, 5.74) is 4.25. The monoisotopic (exact) mass is 459 g/mol. The second-order valence-corrected chi connectivity index (χ2v) is 9.08. The summed E-state index contributed by atoms with van der Waals surface area (Å²) in [7, 11) is 3.56. The summed E-state index contributed by atoms with van der Waals surface area (Å²) >= 11 is 1.59. The molecule has 0 amide bonds. The van der Waals surface area contributed by atoms with E-state index in [9.17, 15) is 4.79 Å². The molecular weight excluding hydrogens is 438 g/mol. The lowest BCUT2D eigenvalue weighted by Gasteiger charge is -2.19. The molecule has 0 saturated heterocycles. The minimum atomic E-state index is -0.132. The number of nitrogens with zero attached hydrogens (tertiary/aromatic N) is 5. The molecule has 33 heavy (non-hydrogen) atoms. The zero-order chi connectivity index (χ0) is 22.5. The summed E-state index contributed by atoms with van der Waals surface area (Å²) in [6.07, 6.45) is 10.1. The third-order valence-electron chi connectivity index (χ3n) is 5.97. The van der Waals surface area contributed by atoms with Crippen molar-refractivity contribution in [3.8, 4) is 0 Å². The number of fused-ring (bicyclic) bond motifs is 4. The van der Waals surface area contributed by atoms with Gasteiger partial charge in [-0.2, -0.15) is 10.2 Å². The van der Waals surface area contributed by atoms with Crippen molar-refractivity contribution in [3.05, 3.63) is 75.4 Å². The molecular formula is C23H21N7O2S. The molecule has 0 fully saturated rings. The number of aromatic nitrogens is 6. The number of H-pyrrole nitrogens is 1. The van der Waals surface area contributed by atoms with E-state index >= 15 is 0 Å². The summed E-state index contributed by atoms with van der Waals surface area (Å²) < 4.78 is 9.72. The number of hydrogen-bond acceptors (Lipinski definition) is 7. The maximum Gasteiger partial charge on any atom is 0.291 e. The highest BCUT2D eigenvalue weighted by Crippen LogP contribution is 2.31. The lowest BCUT2D eigenvalue weighted by atomic mass is 10.1. The number of rotatable bonds is 5. The molecule has 1 atom stereocenters. The second kappa shape index (κ2) is 7.68. The topological polar surface area (TPSA) is 103 Å². The van der Waals surface area contributed by atoms with Crippen molar-refractivity contribution in [3.63, 3.8) is 0 Å². The lowest BCUT2D eigenvalue weighted by Crippen LogP contribution is -2.30. The Kier molecular flexibility index (Phi) is 4.63. The number of aryl methyl sites for hydroxylation is 1. The van der Waals surface area contributed by atoms with Crippen LogP contribution in [0.25, 0.3) is 32.2 Å². The van der Waals surface area contributed by atoms with Gasteiger partial charge in [-0.25, -0.2) is 9.67 Å². The fraction of sp³-hybridized carbons (Fsp3) is 0.217. The third kappa shape index (κ3) is 3.26. The average molecular weight is 460 g/mol. The molecule has 1 aliphatic rings. The smallest absolute Gasteiger partial charge is 0.291 e. The molecule has 1 unspecified atom stereocenters. The first-order valence-corrected chi connectivity index (χ1v) is 11.4. The van der Waals surface area contributed by atoms with Gasteiger partial charge >= 0.3 is 0 Å². The first-order chi connectivity index (χ1) is 16.1. The summed E-state index contributed by atoms with van der Waals surface area (Å²) in [4.78, 5) is 18.2. The molecule has 2 N–H and O–H groups in total. The van der Waals surface area contributed by atoms with Crippen LogP contribution >= 0.6 is 11.3 Å². The van der Waals surface area contributed by atoms with Crippen molar-refractivity contribution in [2.45, 2.75) is 19.2 Å². The van der Waals surface area contributed by atoms with Crippen LogP contribution in [0.1, 0.15) is 10.6 Å². The van der Waals surface area contributed by atoms with Gasteiger partial charge in [0.1, 0.15) is 16.8 Å². The number of thiazole rings is 1. The first-order valence-electron chi connectivity index (χ1n) is 10.5. The van der Waals surface area contributed by atoms with E-state index in [0.717, 1.165) is 42.9 Å². The zero-order valence-corrected chi connectivity index (χ0v) is 18.9. The van der Waals surface area contributed by atoms with Crippen LogP contribution < -0.4 is 10.9 Å². The van der Waals surface area contributed by atoms with Crippen LogP contribution in [0.2, 0.25) is 0 Å². The number of benzene rings is 1. The highest BCUT2D eigenvalue weighted by molar-refractivity contribution is 7.19. The van der Waals surface area contributed by atoms with Crippen molar-refractivity contribution in [2.75, 3.05) is 7.11 Å². The number of allylic oxidation sites excluding steroid dienone is 3. The molecule has 9 nitrogen and oxygen atoms in total. The molecule has 0 aliphatic carbocycles. The Morgan fingerprint density at radius 1 is 1.24 bits per heavy atom. The number of nitrogens with one attached hydrogen (secondary N) is 2. The van der Waals surface area contributed by atoms with Crippen LogP contribution in [0.4, 0.5) is 0 Å². The van der Waals surface area contributed by atoms with Gasteiger partial charge in [0.05, 0.1) is 29.2 Å². The molecule has 1 aliphatic heterocycles. The van der Waals surface area contributed by atoms with E-state index in [1.54, 1.807) is 30.8 Å². The van der Waals surface area contributed by atoms with Gasteiger partial charge in [0.2, 0.25) is 0 Å². The van der Waals surface area contributed by atoms with Crippen molar-refractivity contribution in [1.82, 2.24) is 34.8 Å². The highest BCUT2D eigenvalue weighted by atomic mass is 32.1. The SMILES string of the molecule is COC1C=CC=C(Cc2nc3c(s2)c2cnn(Cc4cccc5[nH]ncc45)c(=O)c2n3C)N1. The minimum Gasteiger partial charge on any atom is -0.360 e. The van der Waals surface area contributed by atoms with Gasteiger partial charge in [-0.1, -0.05) is 18.2 Å². The van der Waals surface area contributed by atoms with E-state index in [1.807, 2.05) is 48.0 Å². The van der Waals surface area contributed by atoms with Crippen LogP contribution in [-0.4, -0.2) is 42.9 Å². The van der Waals surface area contributed by atoms with Crippen LogP contribution in [0, 0.1) is 0 Å². The van der Waals surface area contributed by atoms with Crippen molar-refractivity contribution in [2.24, 2.45) is 7.05 Å². The molecule has 5 aromatic rings. The van der Waals surface area contributed by atoms with Gasteiger partial charge in [0.15, 0.2) is 5.65 Å². The molecule has 166 valence electrons. The average Bonchev–Trinajstić information content (AvgIpc) is 3.53. The Labute approximate surface area is 192 Å². The number of aromatic amines is 1. The van der Waals surface area contributed by atoms with Crippen LogP contribution in [0.15, 0.2) is 59.3 Å². The first kappa shape index (κ1) is 19.9. The highest BCUT2D eigenvalue weighted by Gasteiger charge is 2.19. The Bertz CT molecular complexity index is 1640. The van der Waals surface area contributed by atoms with Gasteiger partial charge in [-0.15, -0.1) is 11.3 Å². The number of hydrogen-bond donors (Lipinski definition) is 2. The predicted molar refractivity (Wildman–Crippen MR) is 128 cm³/mol. The van der Waals surface area contributed by atoms with E-state index in [0.29, 0.717) is 18.5 Å². The van der Waals surface area contributed by atoms with Crippen LogP contribution in [-0.2, 0) is 24.8 Å². The molecule has 4 aromatic heterocycles. The maximum atomic E-state index is 13.4. The lowest BCUT2D eigenvalue weighted by molar-refractivity contribution is 0.119. The Balaban J connectivity index is 1.37. The fourth-order valence-electron chi connectivity index (χ4n) is 4.31. The zero-order valence-electron chi connectivity index (χ0n) is 18.1. The molecule has 5 heterocycles. The Morgan fingerprint density at radius 3 is 3.03 bits per heavy atom. The van der Waals surface area contributed by atoms with Crippen LogP contribution in [0.5, 0.6) is 0 Å². The summed E-state index contributed by atoms with van der Waals surface area (Å²) in [5, 5.41) is 17.7. The molecule has 0 saturated carbocycles. The fourth-order valence-corrected chi connectivity index (χ4v) is 5.44. The maximum absolute atomic E-state index is 13.4.